The molecule has 0 heterocycles. The highest BCUT2D eigenvalue weighted by Gasteiger charge is 2.18. The molecular weight excluding hydrogens is 368 g/mol. The van der Waals surface area contributed by atoms with Gasteiger partial charge in [-0.05, 0) is 47.5 Å². The topological polar surface area (TPSA) is 84.5 Å². The fraction of sp³-hybridized carbons (Fsp3) is 0.174. The number of esters is 1. The van der Waals surface area contributed by atoms with E-state index in [4.69, 9.17) is 4.74 Å². The largest absolute Gasteiger partial charge is 0.452 e. The van der Waals surface area contributed by atoms with E-state index in [1.165, 1.54) is 13.8 Å². The zero-order chi connectivity index (χ0) is 20.8. The maximum absolute atomic E-state index is 12.3. The number of carbonyl (C=O) groups is 3. The first-order valence-electron chi connectivity index (χ1n) is 9.27. The van der Waals surface area contributed by atoms with Gasteiger partial charge in [-0.2, -0.15) is 0 Å². The number of fused-ring (bicyclic) bond motifs is 1. The molecule has 0 saturated carbocycles. The normalized spacial score (nSPS) is 11.5. The molecule has 0 aromatic heterocycles. The smallest absolute Gasteiger partial charge is 0.311 e. The van der Waals surface area contributed by atoms with Crippen molar-refractivity contribution in [2.75, 3.05) is 10.6 Å². The third kappa shape index (κ3) is 5.42. The predicted octanol–water partition coefficient (Wildman–Crippen LogP) is 3.91. The molecule has 0 aliphatic carbocycles. The summed E-state index contributed by atoms with van der Waals surface area (Å²) in [6, 6.07) is 20.2. The number of ether oxygens (including phenoxy) is 1. The van der Waals surface area contributed by atoms with Gasteiger partial charge < -0.3 is 15.4 Å². The highest BCUT2D eigenvalue weighted by atomic mass is 16.5. The van der Waals surface area contributed by atoms with E-state index in [-0.39, 0.29) is 12.3 Å². The maximum Gasteiger partial charge on any atom is 0.311 e. The SMILES string of the molecule is CC(=O)Nc1ccc(NC(=O)[C@@H](C)OC(=O)Cc2cccc3ccccc23)cc1. The van der Waals surface area contributed by atoms with Gasteiger partial charge in [0.1, 0.15) is 0 Å². The molecule has 2 amide bonds. The van der Waals surface area contributed by atoms with Crippen LogP contribution in [0.3, 0.4) is 0 Å². The molecule has 0 bridgehead atoms. The second kappa shape index (κ2) is 9.01. The third-order valence-electron chi connectivity index (χ3n) is 4.36. The van der Waals surface area contributed by atoms with Crippen LogP contribution in [0.2, 0.25) is 0 Å². The maximum atomic E-state index is 12.3. The lowest BCUT2D eigenvalue weighted by atomic mass is 10.0. The van der Waals surface area contributed by atoms with Crippen LogP contribution in [0.5, 0.6) is 0 Å². The second-order valence-corrected chi connectivity index (χ2v) is 6.69. The molecule has 2 N–H and O–H groups in total. The molecule has 3 aromatic carbocycles. The van der Waals surface area contributed by atoms with Crippen molar-refractivity contribution in [3.8, 4) is 0 Å². The highest BCUT2D eigenvalue weighted by Crippen LogP contribution is 2.19. The molecule has 0 spiro atoms. The van der Waals surface area contributed by atoms with Crippen molar-refractivity contribution < 1.29 is 19.1 Å². The lowest BCUT2D eigenvalue weighted by molar-refractivity contribution is -0.152. The second-order valence-electron chi connectivity index (χ2n) is 6.69. The highest BCUT2D eigenvalue weighted by molar-refractivity contribution is 5.96. The van der Waals surface area contributed by atoms with Crippen LogP contribution in [0, 0.1) is 0 Å². The molecule has 1 atom stereocenters. The van der Waals surface area contributed by atoms with Gasteiger partial charge in [0.15, 0.2) is 6.10 Å². The van der Waals surface area contributed by atoms with Gasteiger partial charge in [-0.25, -0.2) is 0 Å². The lowest BCUT2D eigenvalue weighted by Gasteiger charge is -2.14. The molecule has 0 saturated heterocycles. The van der Waals surface area contributed by atoms with Crippen LogP contribution in [0.15, 0.2) is 66.7 Å². The van der Waals surface area contributed by atoms with Crippen LogP contribution in [-0.2, 0) is 25.5 Å². The van der Waals surface area contributed by atoms with E-state index in [0.717, 1.165) is 16.3 Å². The van der Waals surface area contributed by atoms with Crippen LogP contribution in [0.1, 0.15) is 19.4 Å². The van der Waals surface area contributed by atoms with Gasteiger partial charge in [0.05, 0.1) is 6.42 Å². The summed E-state index contributed by atoms with van der Waals surface area (Å²) in [4.78, 5) is 35.7. The number of benzene rings is 3. The van der Waals surface area contributed by atoms with Crippen molar-refractivity contribution in [1.82, 2.24) is 0 Å². The first-order valence-corrected chi connectivity index (χ1v) is 9.27. The molecule has 0 fully saturated rings. The quantitative estimate of drug-likeness (QED) is 0.625. The summed E-state index contributed by atoms with van der Waals surface area (Å²) in [6.07, 6.45) is -0.850. The number of amides is 2. The fourth-order valence-electron chi connectivity index (χ4n) is 2.98. The van der Waals surface area contributed by atoms with E-state index in [9.17, 15) is 14.4 Å². The van der Waals surface area contributed by atoms with Crippen molar-refractivity contribution >= 4 is 39.9 Å². The molecule has 29 heavy (non-hydrogen) atoms. The molecule has 3 rings (SSSR count). The third-order valence-corrected chi connectivity index (χ3v) is 4.36. The Morgan fingerprint density at radius 1 is 0.862 bits per heavy atom. The van der Waals surface area contributed by atoms with E-state index >= 15 is 0 Å². The Bertz CT molecular complexity index is 1040. The Kier molecular flexibility index (Phi) is 6.24. The number of carbonyl (C=O) groups excluding carboxylic acids is 3. The van der Waals surface area contributed by atoms with Gasteiger partial charge in [0, 0.05) is 18.3 Å². The summed E-state index contributed by atoms with van der Waals surface area (Å²) in [5.41, 5.74) is 2.03. The van der Waals surface area contributed by atoms with E-state index in [2.05, 4.69) is 10.6 Å². The summed E-state index contributed by atoms with van der Waals surface area (Å²) in [6.45, 7) is 2.95. The summed E-state index contributed by atoms with van der Waals surface area (Å²) in [5.74, 6) is -1.07. The first-order chi connectivity index (χ1) is 13.9. The molecule has 0 unspecified atom stereocenters. The minimum Gasteiger partial charge on any atom is -0.452 e. The monoisotopic (exact) mass is 390 g/mol. The van der Waals surface area contributed by atoms with Crippen molar-refractivity contribution in [1.29, 1.82) is 0 Å². The van der Waals surface area contributed by atoms with E-state index in [1.54, 1.807) is 24.3 Å². The Morgan fingerprint density at radius 2 is 1.48 bits per heavy atom. The van der Waals surface area contributed by atoms with Gasteiger partial charge in [0.2, 0.25) is 5.91 Å². The summed E-state index contributed by atoms with van der Waals surface area (Å²) in [5, 5.41) is 7.38. The molecule has 6 nitrogen and oxygen atoms in total. The van der Waals surface area contributed by atoms with Crippen LogP contribution < -0.4 is 10.6 Å². The van der Waals surface area contributed by atoms with Gasteiger partial charge in [-0.1, -0.05) is 42.5 Å². The van der Waals surface area contributed by atoms with Crippen molar-refractivity contribution in [3.63, 3.8) is 0 Å². The standard InChI is InChI=1S/C23H22N2O4/c1-15(23(28)25-20-12-10-19(11-13-20)24-16(2)26)29-22(27)14-18-8-5-7-17-6-3-4-9-21(17)18/h3-13,15H,14H2,1-2H3,(H,24,26)(H,25,28)/t15-/m1/s1. The molecule has 0 aliphatic heterocycles. The fourth-order valence-corrected chi connectivity index (χ4v) is 2.98. The summed E-state index contributed by atoms with van der Waals surface area (Å²) < 4.78 is 5.31. The molecule has 148 valence electrons. The Balaban J connectivity index is 1.57. The number of hydrogen-bond acceptors (Lipinski definition) is 4. The Morgan fingerprint density at radius 3 is 2.17 bits per heavy atom. The van der Waals surface area contributed by atoms with Gasteiger partial charge in [-0.3, -0.25) is 14.4 Å². The zero-order valence-corrected chi connectivity index (χ0v) is 16.3. The van der Waals surface area contributed by atoms with Crippen molar-refractivity contribution in [2.24, 2.45) is 0 Å². The van der Waals surface area contributed by atoms with Gasteiger partial charge in [-0.15, -0.1) is 0 Å². The first kappa shape index (κ1) is 20.1. The van der Waals surface area contributed by atoms with Crippen molar-refractivity contribution in [3.05, 3.63) is 72.3 Å². The average molecular weight is 390 g/mol. The van der Waals surface area contributed by atoms with Crippen LogP contribution in [0.25, 0.3) is 10.8 Å². The minimum absolute atomic E-state index is 0.0877. The Hall–Kier alpha value is -3.67. The molecule has 3 aromatic rings. The van der Waals surface area contributed by atoms with E-state index < -0.39 is 18.0 Å². The number of nitrogens with one attached hydrogen (secondary N) is 2. The summed E-state index contributed by atoms with van der Waals surface area (Å²) in [7, 11) is 0. The van der Waals surface area contributed by atoms with Gasteiger partial charge in [0.25, 0.3) is 5.91 Å². The molecular formula is C23H22N2O4. The zero-order valence-electron chi connectivity index (χ0n) is 16.3. The molecule has 6 heteroatoms. The number of rotatable bonds is 6. The Labute approximate surface area is 168 Å². The summed E-state index contributed by atoms with van der Waals surface area (Å²) >= 11 is 0. The molecule has 0 aliphatic rings. The molecule has 0 radical (unpaired) electrons. The predicted molar refractivity (Wildman–Crippen MR) is 113 cm³/mol. The van der Waals surface area contributed by atoms with E-state index in [1.807, 2.05) is 42.5 Å². The number of anilines is 2. The van der Waals surface area contributed by atoms with Crippen LogP contribution >= 0.6 is 0 Å². The van der Waals surface area contributed by atoms with Crippen molar-refractivity contribution in [2.45, 2.75) is 26.4 Å². The minimum atomic E-state index is -0.938. The average Bonchev–Trinajstić information content (AvgIpc) is 2.69. The van der Waals surface area contributed by atoms with E-state index in [0.29, 0.717) is 11.4 Å². The number of hydrogen-bond donors (Lipinski definition) is 2. The lowest BCUT2D eigenvalue weighted by Crippen LogP contribution is -2.30. The van der Waals surface area contributed by atoms with Crippen LogP contribution in [0.4, 0.5) is 11.4 Å². The van der Waals surface area contributed by atoms with Crippen LogP contribution in [-0.4, -0.2) is 23.9 Å². The van der Waals surface area contributed by atoms with Gasteiger partial charge >= 0.3 is 5.97 Å².